The van der Waals surface area contributed by atoms with Crippen LogP contribution in [0.3, 0.4) is 0 Å². The molecule has 7 nitrogen and oxygen atoms in total. The standard InChI is InChI=1S/C19H24BrN5O2/c1-13-9-24(16-11-27-12-16)5-6-25(13)15-3-4-18(21-8-15)22-17-7-14(20)10-23(2)19(17)26/h3-4,7-8,10,13,16H,5-6,9,11-12H2,1-2H3,(H,21,22)/t13-/m1/s1. The molecule has 8 heteroatoms. The minimum absolute atomic E-state index is 0.0891. The van der Waals surface area contributed by atoms with E-state index in [9.17, 15) is 4.79 Å². The number of nitrogens with one attached hydrogen (secondary N) is 1. The second-order valence-corrected chi connectivity index (χ2v) is 8.16. The number of anilines is 3. The van der Waals surface area contributed by atoms with Gasteiger partial charge in [-0.2, -0.15) is 0 Å². The topological polar surface area (TPSA) is 62.6 Å². The van der Waals surface area contributed by atoms with Crippen LogP contribution in [-0.2, 0) is 11.8 Å². The van der Waals surface area contributed by atoms with E-state index in [1.165, 1.54) is 4.57 Å². The fraction of sp³-hybridized carbons (Fsp3) is 0.474. The first kappa shape index (κ1) is 18.5. The molecule has 144 valence electrons. The Balaban J connectivity index is 1.44. The Morgan fingerprint density at radius 2 is 2.11 bits per heavy atom. The zero-order chi connectivity index (χ0) is 19.0. The molecule has 0 amide bonds. The lowest BCUT2D eigenvalue weighted by molar-refractivity contribution is -0.0691. The van der Waals surface area contributed by atoms with Crippen LogP contribution in [0, 0.1) is 0 Å². The molecule has 2 aromatic rings. The normalized spacial score (nSPS) is 21.1. The van der Waals surface area contributed by atoms with E-state index in [1.54, 1.807) is 19.3 Å². The highest BCUT2D eigenvalue weighted by molar-refractivity contribution is 9.10. The van der Waals surface area contributed by atoms with E-state index in [2.05, 4.69) is 49.0 Å². The third-order valence-electron chi connectivity index (χ3n) is 5.29. The molecule has 0 aromatic carbocycles. The van der Waals surface area contributed by atoms with Gasteiger partial charge in [0.1, 0.15) is 11.5 Å². The van der Waals surface area contributed by atoms with E-state index in [4.69, 9.17) is 4.74 Å². The molecule has 4 rings (SSSR count). The number of halogens is 1. The van der Waals surface area contributed by atoms with Crippen molar-refractivity contribution < 1.29 is 4.74 Å². The lowest BCUT2D eigenvalue weighted by Gasteiger charge is -2.46. The first-order chi connectivity index (χ1) is 13.0. The Hall–Kier alpha value is -1.90. The average molecular weight is 434 g/mol. The summed E-state index contributed by atoms with van der Waals surface area (Å²) in [6.45, 7) is 7.06. The van der Waals surface area contributed by atoms with Crippen LogP contribution in [-0.4, -0.2) is 59.4 Å². The molecule has 1 atom stereocenters. The van der Waals surface area contributed by atoms with Crippen molar-refractivity contribution in [3.63, 3.8) is 0 Å². The number of hydrogen-bond acceptors (Lipinski definition) is 6. The van der Waals surface area contributed by atoms with Gasteiger partial charge in [0, 0.05) is 43.4 Å². The van der Waals surface area contributed by atoms with Gasteiger partial charge in [0.2, 0.25) is 0 Å². The van der Waals surface area contributed by atoms with Gasteiger partial charge in [0.05, 0.1) is 31.1 Å². The van der Waals surface area contributed by atoms with Crippen molar-refractivity contribution in [2.45, 2.75) is 19.0 Å². The van der Waals surface area contributed by atoms with Gasteiger partial charge >= 0.3 is 0 Å². The van der Waals surface area contributed by atoms with Crippen molar-refractivity contribution in [2.24, 2.45) is 7.05 Å². The number of pyridine rings is 2. The molecule has 2 saturated heterocycles. The first-order valence-electron chi connectivity index (χ1n) is 9.19. The second kappa shape index (κ2) is 7.61. The summed E-state index contributed by atoms with van der Waals surface area (Å²) in [5.41, 5.74) is 1.52. The van der Waals surface area contributed by atoms with Crippen molar-refractivity contribution in [3.8, 4) is 0 Å². The van der Waals surface area contributed by atoms with Gasteiger partial charge in [-0.05, 0) is 41.1 Å². The molecule has 2 aliphatic heterocycles. The summed E-state index contributed by atoms with van der Waals surface area (Å²) in [6, 6.07) is 6.78. The molecule has 0 bridgehead atoms. The highest BCUT2D eigenvalue weighted by Gasteiger charge is 2.32. The Morgan fingerprint density at radius 3 is 2.74 bits per heavy atom. The molecule has 0 unspecified atom stereocenters. The van der Waals surface area contributed by atoms with Gasteiger partial charge in [-0.25, -0.2) is 4.98 Å². The van der Waals surface area contributed by atoms with Gasteiger partial charge < -0.3 is 19.5 Å². The Kier molecular flexibility index (Phi) is 5.21. The fourth-order valence-electron chi connectivity index (χ4n) is 3.66. The molecule has 0 spiro atoms. The molecular formula is C19H24BrN5O2. The van der Waals surface area contributed by atoms with Crippen LogP contribution < -0.4 is 15.8 Å². The second-order valence-electron chi connectivity index (χ2n) is 7.24. The van der Waals surface area contributed by atoms with Crippen LogP contribution in [0.1, 0.15) is 6.92 Å². The molecule has 0 aliphatic carbocycles. The number of aromatic nitrogens is 2. The number of hydrogen-bond donors (Lipinski definition) is 1. The van der Waals surface area contributed by atoms with Crippen LogP contribution in [0.5, 0.6) is 0 Å². The van der Waals surface area contributed by atoms with E-state index in [1.807, 2.05) is 12.3 Å². The van der Waals surface area contributed by atoms with E-state index in [-0.39, 0.29) is 5.56 Å². The smallest absolute Gasteiger partial charge is 0.274 e. The number of ether oxygens (including phenoxy) is 1. The van der Waals surface area contributed by atoms with E-state index < -0.39 is 0 Å². The van der Waals surface area contributed by atoms with Crippen molar-refractivity contribution in [1.29, 1.82) is 0 Å². The van der Waals surface area contributed by atoms with Gasteiger partial charge in [-0.1, -0.05) is 0 Å². The third-order valence-corrected chi connectivity index (χ3v) is 5.72. The maximum absolute atomic E-state index is 12.2. The summed E-state index contributed by atoms with van der Waals surface area (Å²) in [6.07, 6.45) is 3.62. The fourth-order valence-corrected chi connectivity index (χ4v) is 4.20. The molecule has 2 aliphatic rings. The lowest BCUT2D eigenvalue weighted by atomic mass is 10.1. The molecular weight excluding hydrogens is 410 g/mol. The maximum Gasteiger partial charge on any atom is 0.274 e. The molecule has 0 saturated carbocycles. The van der Waals surface area contributed by atoms with Gasteiger partial charge in [0.25, 0.3) is 5.56 Å². The highest BCUT2D eigenvalue weighted by atomic mass is 79.9. The SMILES string of the molecule is C[C@@H]1CN(C2COC2)CCN1c1ccc(Nc2cc(Br)cn(C)c2=O)nc1. The minimum atomic E-state index is -0.0891. The van der Waals surface area contributed by atoms with E-state index in [0.29, 0.717) is 23.6 Å². The van der Waals surface area contributed by atoms with Crippen LogP contribution in [0.4, 0.5) is 17.2 Å². The summed E-state index contributed by atoms with van der Waals surface area (Å²) < 4.78 is 7.70. The number of aryl methyl sites for hydroxylation is 1. The lowest BCUT2D eigenvalue weighted by Crippen LogP contribution is -2.59. The first-order valence-corrected chi connectivity index (χ1v) is 9.98. The zero-order valence-electron chi connectivity index (χ0n) is 15.6. The summed E-state index contributed by atoms with van der Waals surface area (Å²) in [5, 5.41) is 3.12. The monoisotopic (exact) mass is 433 g/mol. The van der Waals surface area contributed by atoms with Crippen molar-refractivity contribution in [2.75, 3.05) is 43.1 Å². The summed E-state index contributed by atoms with van der Waals surface area (Å²) >= 11 is 3.42. The number of rotatable bonds is 4. The highest BCUT2D eigenvalue weighted by Crippen LogP contribution is 2.24. The molecule has 2 aromatic heterocycles. The largest absolute Gasteiger partial charge is 0.378 e. The minimum Gasteiger partial charge on any atom is -0.378 e. The van der Waals surface area contributed by atoms with Gasteiger partial charge in [-0.15, -0.1) is 0 Å². The number of nitrogens with zero attached hydrogens (tertiary/aromatic N) is 4. The molecule has 4 heterocycles. The Labute approximate surface area is 167 Å². The Morgan fingerprint density at radius 1 is 1.30 bits per heavy atom. The van der Waals surface area contributed by atoms with Crippen LogP contribution in [0.15, 0.2) is 39.9 Å². The average Bonchev–Trinajstić information content (AvgIpc) is 2.59. The van der Waals surface area contributed by atoms with E-state index >= 15 is 0 Å². The quantitative estimate of drug-likeness (QED) is 0.797. The van der Waals surface area contributed by atoms with Crippen molar-refractivity contribution >= 4 is 33.1 Å². The maximum atomic E-state index is 12.2. The summed E-state index contributed by atoms with van der Waals surface area (Å²) in [5.74, 6) is 0.659. The molecule has 1 N–H and O–H groups in total. The molecule has 27 heavy (non-hydrogen) atoms. The molecule has 2 fully saturated rings. The van der Waals surface area contributed by atoms with Crippen molar-refractivity contribution in [3.05, 3.63) is 45.4 Å². The summed E-state index contributed by atoms with van der Waals surface area (Å²) in [4.78, 5) is 21.7. The predicted molar refractivity (Wildman–Crippen MR) is 110 cm³/mol. The summed E-state index contributed by atoms with van der Waals surface area (Å²) in [7, 11) is 1.73. The van der Waals surface area contributed by atoms with Crippen LogP contribution in [0.2, 0.25) is 0 Å². The predicted octanol–water partition coefficient (Wildman–Crippen LogP) is 2.20. The van der Waals surface area contributed by atoms with Crippen LogP contribution in [0.25, 0.3) is 0 Å². The molecule has 0 radical (unpaired) electrons. The Bertz CT molecular complexity index is 865. The van der Waals surface area contributed by atoms with Gasteiger partial charge in [0.15, 0.2) is 0 Å². The van der Waals surface area contributed by atoms with E-state index in [0.717, 1.165) is 43.0 Å². The zero-order valence-corrected chi connectivity index (χ0v) is 17.1. The number of piperazine rings is 1. The van der Waals surface area contributed by atoms with Gasteiger partial charge in [-0.3, -0.25) is 9.69 Å². The third kappa shape index (κ3) is 3.88. The van der Waals surface area contributed by atoms with Crippen molar-refractivity contribution in [1.82, 2.24) is 14.5 Å². The van der Waals surface area contributed by atoms with Crippen LogP contribution >= 0.6 is 15.9 Å².